The molecule has 7 heteroatoms. The van der Waals surface area contributed by atoms with Crippen LogP contribution in [0.3, 0.4) is 0 Å². The van der Waals surface area contributed by atoms with Gasteiger partial charge in [-0.25, -0.2) is 0 Å². The maximum absolute atomic E-state index is 13.2. The lowest BCUT2D eigenvalue weighted by Gasteiger charge is -2.29. The van der Waals surface area contributed by atoms with Gasteiger partial charge in [-0.3, -0.25) is 4.79 Å². The lowest BCUT2D eigenvalue weighted by molar-refractivity contribution is 0.0519. The van der Waals surface area contributed by atoms with Crippen molar-refractivity contribution < 1.29 is 18.8 Å². The van der Waals surface area contributed by atoms with E-state index >= 15 is 0 Å². The number of likely N-dealkylation sites (N-methyl/N-ethyl adjacent to an activating group) is 1. The van der Waals surface area contributed by atoms with Gasteiger partial charge in [0.05, 0.1) is 17.8 Å². The predicted molar refractivity (Wildman–Crippen MR) is 115 cm³/mol. The third kappa shape index (κ3) is 4.31. The normalized spacial score (nSPS) is 15.1. The van der Waals surface area contributed by atoms with E-state index in [2.05, 4.69) is 5.16 Å². The molecule has 0 aliphatic carbocycles. The zero-order valence-corrected chi connectivity index (χ0v) is 18.1. The standard InChI is InChI=1S/C23H24N2O4S/c1-15-19(16(2)29-24-15)14-30-22-11-7-4-8-18(22)23(26)25(3)12-17-13-27-20-9-5-6-10-21(20)28-17/h4-11,17H,12-14H2,1-3H3. The number of hydrogen-bond donors (Lipinski definition) is 0. The molecule has 0 radical (unpaired) electrons. The summed E-state index contributed by atoms with van der Waals surface area (Å²) in [4.78, 5) is 15.8. The molecule has 156 valence electrons. The molecule has 0 N–H and O–H groups in total. The van der Waals surface area contributed by atoms with Gasteiger partial charge in [-0.15, -0.1) is 11.8 Å². The van der Waals surface area contributed by atoms with Crippen LogP contribution in [0.25, 0.3) is 0 Å². The Morgan fingerprint density at radius 2 is 1.87 bits per heavy atom. The van der Waals surface area contributed by atoms with Crippen LogP contribution >= 0.6 is 11.8 Å². The molecule has 1 atom stereocenters. The monoisotopic (exact) mass is 424 g/mol. The summed E-state index contributed by atoms with van der Waals surface area (Å²) in [5.41, 5.74) is 2.63. The molecule has 0 saturated heterocycles. The van der Waals surface area contributed by atoms with Crippen LogP contribution in [-0.4, -0.2) is 42.3 Å². The minimum Gasteiger partial charge on any atom is -0.486 e. The van der Waals surface area contributed by atoms with Gasteiger partial charge in [0, 0.05) is 23.3 Å². The number of carbonyl (C=O) groups is 1. The topological polar surface area (TPSA) is 64.8 Å². The number of benzene rings is 2. The first-order chi connectivity index (χ1) is 14.5. The van der Waals surface area contributed by atoms with E-state index < -0.39 is 0 Å². The molecule has 0 fully saturated rings. The fourth-order valence-corrected chi connectivity index (χ4v) is 4.57. The van der Waals surface area contributed by atoms with Crippen LogP contribution < -0.4 is 9.47 Å². The Morgan fingerprint density at radius 3 is 2.63 bits per heavy atom. The number of carbonyl (C=O) groups excluding carboxylic acids is 1. The molecule has 1 unspecified atom stereocenters. The molecule has 1 aliphatic rings. The average molecular weight is 425 g/mol. The van der Waals surface area contributed by atoms with Crippen LogP contribution in [0.1, 0.15) is 27.4 Å². The molecule has 2 aromatic carbocycles. The van der Waals surface area contributed by atoms with E-state index in [1.807, 2.05) is 62.4 Å². The minimum absolute atomic E-state index is 0.0423. The molecule has 30 heavy (non-hydrogen) atoms. The number of aromatic nitrogens is 1. The highest BCUT2D eigenvalue weighted by atomic mass is 32.2. The third-order valence-corrected chi connectivity index (χ3v) is 6.16. The molecule has 4 rings (SSSR count). The Balaban J connectivity index is 1.43. The Morgan fingerprint density at radius 1 is 1.13 bits per heavy atom. The molecule has 1 aromatic heterocycles. The highest BCUT2D eigenvalue weighted by molar-refractivity contribution is 7.98. The van der Waals surface area contributed by atoms with Gasteiger partial charge in [0.1, 0.15) is 12.4 Å². The number of rotatable bonds is 6. The molecule has 2 heterocycles. The number of fused-ring (bicyclic) bond motifs is 1. The average Bonchev–Trinajstić information content (AvgIpc) is 3.09. The van der Waals surface area contributed by atoms with Crippen LogP contribution in [0.2, 0.25) is 0 Å². The van der Waals surface area contributed by atoms with Crippen molar-refractivity contribution in [3.8, 4) is 11.5 Å². The summed E-state index contributed by atoms with van der Waals surface area (Å²) in [6.07, 6.45) is -0.212. The highest BCUT2D eigenvalue weighted by Crippen LogP contribution is 2.32. The lowest BCUT2D eigenvalue weighted by atomic mass is 10.2. The molecule has 3 aromatic rings. The van der Waals surface area contributed by atoms with Crippen molar-refractivity contribution in [2.75, 3.05) is 20.2 Å². The predicted octanol–water partition coefficient (Wildman–Crippen LogP) is 4.50. The number of ether oxygens (including phenoxy) is 2. The summed E-state index contributed by atoms with van der Waals surface area (Å²) in [5, 5.41) is 4.01. The number of amides is 1. The van der Waals surface area contributed by atoms with Gasteiger partial charge in [-0.2, -0.15) is 0 Å². The van der Waals surface area contributed by atoms with Crippen LogP contribution in [0.15, 0.2) is 57.9 Å². The molecule has 0 saturated carbocycles. The highest BCUT2D eigenvalue weighted by Gasteiger charge is 2.25. The van der Waals surface area contributed by atoms with E-state index in [4.69, 9.17) is 14.0 Å². The molecule has 1 aliphatic heterocycles. The van der Waals surface area contributed by atoms with Crippen molar-refractivity contribution in [3.05, 3.63) is 71.1 Å². The summed E-state index contributed by atoms with van der Waals surface area (Å²) in [7, 11) is 1.79. The quantitative estimate of drug-likeness (QED) is 0.543. The summed E-state index contributed by atoms with van der Waals surface area (Å²) in [5.74, 6) is 2.93. The van der Waals surface area contributed by atoms with Gasteiger partial charge in [-0.05, 0) is 38.1 Å². The maximum Gasteiger partial charge on any atom is 0.254 e. The van der Waals surface area contributed by atoms with Crippen LogP contribution in [0.4, 0.5) is 0 Å². The van der Waals surface area contributed by atoms with E-state index in [9.17, 15) is 4.79 Å². The Kier molecular flexibility index (Phi) is 5.99. The summed E-state index contributed by atoms with van der Waals surface area (Å²) in [6, 6.07) is 15.2. The van der Waals surface area contributed by atoms with Crippen molar-refractivity contribution in [2.24, 2.45) is 0 Å². The van der Waals surface area contributed by atoms with Crippen molar-refractivity contribution in [1.29, 1.82) is 0 Å². The molecular weight excluding hydrogens is 400 g/mol. The van der Waals surface area contributed by atoms with Gasteiger partial charge in [0.25, 0.3) is 5.91 Å². The van der Waals surface area contributed by atoms with E-state index in [0.717, 1.165) is 27.7 Å². The SMILES string of the molecule is Cc1noc(C)c1CSc1ccccc1C(=O)N(C)CC1COc2ccccc2O1. The molecule has 0 spiro atoms. The van der Waals surface area contributed by atoms with Gasteiger partial charge >= 0.3 is 0 Å². The van der Waals surface area contributed by atoms with Crippen molar-refractivity contribution in [2.45, 2.75) is 30.6 Å². The molecular formula is C23H24N2O4S. The smallest absolute Gasteiger partial charge is 0.254 e. The maximum atomic E-state index is 13.2. The third-order valence-electron chi connectivity index (χ3n) is 5.06. The minimum atomic E-state index is -0.212. The first-order valence-electron chi connectivity index (χ1n) is 9.80. The summed E-state index contributed by atoms with van der Waals surface area (Å²) < 4.78 is 17.0. The number of nitrogens with zero attached hydrogens (tertiary/aromatic N) is 2. The van der Waals surface area contributed by atoms with Crippen molar-refractivity contribution >= 4 is 17.7 Å². The summed E-state index contributed by atoms with van der Waals surface area (Å²) >= 11 is 1.61. The number of hydrogen-bond acceptors (Lipinski definition) is 6. The van der Waals surface area contributed by atoms with E-state index in [1.54, 1.807) is 23.7 Å². The zero-order valence-electron chi connectivity index (χ0n) is 17.3. The largest absolute Gasteiger partial charge is 0.486 e. The van der Waals surface area contributed by atoms with Crippen LogP contribution in [0.5, 0.6) is 11.5 Å². The van der Waals surface area contributed by atoms with Crippen molar-refractivity contribution in [3.63, 3.8) is 0 Å². The Labute approximate surface area is 180 Å². The van der Waals surface area contributed by atoms with Gasteiger partial charge in [0.15, 0.2) is 17.6 Å². The first kappa shape index (κ1) is 20.3. The summed E-state index contributed by atoms with van der Waals surface area (Å²) in [6.45, 7) is 4.69. The molecule has 6 nitrogen and oxygen atoms in total. The fraction of sp³-hybridized carbons (Fsp3) is 0.304. The van der Waals surface area contributed by atoms with E-state index in [0.29, 0.717) is 30.2 Å². The van der Waals surface area contributed by atoms with Crippen LogP contribution in [0, 0.1) is 13.8 Å². The van der Waals surface area contributed by atoms with Crippen molar-refractivity contribution in [1.82, 2.24) is 10.1 Å². The Hall–Kier alpha value is -2.93. The molecule has 0 bridgehead atoms. The Bertz CT molecular complexity index is 1030. The van der Waals surface area contributed by atoms with E-state index in [1.165, 1.54) is 0 Å². The zero-order chi connectivity index (χ0) is 21.1. The fourth-order valence-electron chi connectivity index (χ4n) is 3.37. The van der Waals surface area contributed by atoms with Gasteiger partial charge in [0.2, 0.25) is 0 Å². The molecule has 1 amide bonds. The van der Waals surface area contributed by atoms with Gasteiger partial charge in [-0.1, -0.05) is 29.4 Å². The first-order valence-corrected chi connectivity index (χ1v) is 10.8. The second-order valence-electron chi connectivity index (χ2n) is 7.27. The number of thioether (sulfide) groups is 1. The lowest BCUT2D eigenvalue weighted by Crippen LogP contribution is -2.41. The number of aryl methyl sites for hydroxylation is 2. The van der Waals surface area contributed by atoms with Gasteiger partial charge < -0.3 is 18.9 Å². The number of para-hydroxylation sites is 2. The van der Waals surface area contributed by atoms with E-state index in [-0.39, 0.29) is 12.0 Å². The second-order valence-corrected chi connectivity index (χ2v) is 8.29. The van der Waals surface area contributed by atoms with Crippen LogP contribution in [-0.2, 0) is 5.75 Å². The second kappa shape index (κ2) is 8.83.